The number of aryl methyl sites for hydroxylation is 1. The summed E-state index contributed by atoms with van der Waals surface area (Å²) in [4.78, 5) is 20.4. The normalized spacial score (nSPS) is 10.9. The summed E-state index contributed by atoms with van der Waals surface area (Å²) in [6, 6.07) is 7.55. The Bertz CT molecular complexity index is 728. The molecule has 1 aromatic carbocycles. The number of aromatic nitrogens is 4. The van der Waals surface area contributed by atoms with Gasteiger partial charge in [0.25, 0.3) is 5.56 Å². The molecule has 0 saturated carbocycles. The first-order chi connectivity index (χ1) is 8.27. The van der Waals surface area contributed by atoms with Crippen LogP contribution in [0.4, 0.5) is 0 Å². The Kier molecular flexibility index (Phi) is 2.04. The lowest BCUT2D eigenvalue weighted by Gasteiger charge is -2.07. The zero-order chi connectivity index (χ0) is 11.8. The van der Waals surface area contributed by atoms with E-state index < -0.39 is 0 Å². The van der Waals surface area contributed by atoms with Gasteiger partial charge in [-0.15, -0.1) is 0 Å². The molecule has 3 aromatic rings. The van der Waals surface area contributed by atoms with Crippen molar-refractivity contribution in [1.29, 1.82) is 0 Å². The lowest BCUT2D eigenvalue weighted by molar-refractivity contribution is 0.850. The first kappa shape index (κ1) is 9.77. The first-order valence-electron chi connectivity index (χ1n) is 5.21. The molecule has 0 aliphatic carbocycles. The average molecular weight is 226 g/mol. The van der Waals surface area contributed by atoms with Gasteiger partial charge in [-0.3, -0.25) is 9.36 Å². The van der Waals surface area contributed by atoms with Crippen LogP contribution in [0.5, 0.6) is 0 Å². The molecule has 0 bridgehead atoms. The molecule has 0 amide bonds. The highest BCUT2D eigenvalue weighted by molar-refractivity contribution is 5.75. The summed E-state index contributed by atoms with van der Waals surface area (Å²) in [6.07, 6.45) is 4.90. The maximum absolute atomic E-state index is 12.1. The van der Waals surface area contributed by atoms with E-state index in [4.69, 9.17) is 0 Å². The quantitative estimate of drug-likeness (QED) is 0.624. The number of nitrogens with zero attached hydrogens (tertiary/aromatic N) is 4. The van der Waals surface area contributed by atoms with E-state index >= 15 is 0 Å². The molecule has 84 valence electrons. The summed E-state index contributed by atoms with van der Waals surface area (Å²) in [5.74, 6) is 0.365. The summed E-state index contributed by atoms with van der Waals surface area (Å²) < 4.78 is 3.21. The van der Waals surface area contributed by atoms with E-state index in [1.54, 1.807) is 34.9 Å². The highest BCUT2D eigenvalue weighted by atomic mass is 16.1. The molecule has 0 unspecified atom stereocenters. The fraction of sp³-hybridized carbons (Fsp3) is 0.0833. The Hall–Kier alpha value is -2.43. The predicted molar refractivity (Wildman–Crippen MR) is 64.1 cm³/mol. The maximum atomic E-state index is 12.1. The highest BCUT2D eigenvalue weighted by Crippen LogP contribution is 2.10. The lowest BCUT2D eigenvalue weighted by Crippen LogP contribution is -2.23. The van der Waals surface area contributed by atoms with Gasteiger partial charge in [0.15, 0.2) is 0 Å². The van der Waals surface area contributed by atoms with E-state index in [2.05, 4.69) is 9.97 Å². The van der Waals surface area contributed by atoms with Crippen LogP contribution in [0.1, 0.15) is 0 Å². The topological polar surface area (TPSA) is 52.7 Å². The smallest absolute Gasteiger partial charge is 0.294 e. The number of hydrogen-bond donors (Lipinski definition) is 0. The van der Waals surface area contributed by atoms with Crippen LogP contribution in [0, 0.1) is 0 Å². The molecule has 0 atom stereocenters. The van der Waals surface area contributed by atoms with Gasteiger partial charge in [0.1, 0.15) is 6.33 Å². The van der Waals surface area contributed by atoms with Crippen LogP contribution in [-0.4, -0.2) is 19.1 Å². The Morgan fingerprint density at radius 1 is 1.24 bits per heavy atom. The Balaban J connectivity index is 2.42. The first-order valence-corrected chi connectivity index (χ1v) is 5.21. The van der Waals surface area contributed by atoms with Crippen molar-refractivity contribution in [2.45, 2.75) is 0 Å². The van der Waals surface area contributed by atoms with E-state index in [0.29, 0.717) is 5.82 Å². The molecule has 17 heavy (non-hydrogen) atoms. The Morgan fingerprint density at radius 3 is 2.82 bits per heavy atom. The molecular weight excluding hydrogens is 216 g/mol. The van der Waals surface area contributed by atoms with Crippen molar-refractivity contribution in [2.24, 2.45) is 7.05 Å². The Labute approximate surface area is 97.0 Å². The second-order valence-corrected chi connectivity index (χ2v) is 3.76. The lowest BCUT2D eigenvalue weighted by atomic mass is 10.3. The number of imidazole rings is 1. The molecule has 0 radical (unpaired) electrons. The molecule has 0 spiro atoms. The van der Waals surface area contributed by atoms with Crippen molar-refractivity contribution in [3.05, 3.63) is 53.3 Å². The minimum Gasteiger partial charge on any atom is -0.307 e. The standard InChI is InChI=1S/C12H10N4O/c1-15-10-5-3-2-4-9(10)14-11(12(15)17)16-7-6-13-8-16/h2-8H,1H3. The monoisotopic (exact) mass is 226 g/mol. The minimum absolute atomic E-state index is 0.137. The maximum Gasteiger partial charge on any atom is 0.294 e. The molecule has 2 aromatic heterocycles. The third-order valence-corrected chi connectivity index (χ3v) is 2.71. The largest absolute Gasteiger partial charge is 0.307 e. The van der Waals surface area contributed by atoms with Gasteiger partial charge in [0.2, 0.25) is 5.82 Å². The summed E-state index contributed by atoms with van der Waals surface area (Å²) >= 11 is 0. The van der Waals surface area contributed by atoms with Gasteiger partial charge in [-0.25, -0.2) is 9.97 Å². The van der Waals surface area contributed by atoms with Crippen LogP contribution in [0.15, 0.2) is 47.8 Å². The number of hydrogen-bond acceptors (Lipinski definition) is 3. The second-order valence-electron chi connectivity index (χ2n) is 3.76. The van der Waals surface area contributed by atoms with Gasteiger partial charge in [-0.1, -0.05) is 12.1 Å². The molecule has 0 aliphatic heterocycles. The van der Waals surface area contributed by atoms with Gasteiger partial charge < -0.3 is 4.57 Å². The van der Waals surface area contributed by atoms with Crippen LogP contribution in [-0.2, 0) is 7.05 Å². The summed E-state index contributed by atoms with van der Waals surface area (Å²) in [5.41, 5.74) is 1.47. The van der Waals surface area contributed by atoms with Gasteiger partial charge in [0, 0.05) is 19.4 Å². The minimum atomic E-state index is -0.137. The van der Waals surface area contributed by atoms with Gasteiger partial charge in [-0.05, 0) is 12.1 Å². The fourth-order valence-electron chi connectivity index (χ4n) is 1.82. The SMILES string of the molecule is Cn1c(=O)c(-n2ccnc2)nc2ccccc21. The summed E-state index contributed by atoms with van der Waals surface area (Å²) in [6.45, 7) is 0. The van der Waals surface area contributed by atoms with Crippen molar-refractivity contribution in [2.75, 3.05) is 0 Å². The number of fused-ring (bicyclic) bond motifs is 1. The van der Waals surface area contributed by atoms with Crippen molar-refractivity contribution in [1.82, 2.24) is 19.1 Å². The van der Waals surface area contributed by atoms with Crippen molar-refractivity contribution >= 4 is 11.0 Å². The molecule has 0 aliphatic rings. The van der Waals surface area contributed by atoms with Gasteiger partial charge in [-0.2, -0.15) is 0 Å². The molecule has 0 N–H and O–H groups in total. The van der Waals surface area contributed by atoms with Crippen molar-refractivity contribution < 1.29 is 0 Å². The third-order valence-electron chi connectivity index (χ3n) is 2.71. The van der Waals surface area contributed by atoms with Crippen LogP contribution in [0.2, 0.25) is 0 Å². The zero-order valence-electron chi connectivity index (χ0n) is 9.24. The molecule has 5 nitrogen and oxygen atoms in total. The second kappa shape index (κ2) is 3.55. The molecule has 0 fully saturated rings. The van der Waals surface area contributed by atoms with E-state index in [1.807, 2.05) is 24.3 Å². The third kappa shape index (κ3) is 1.44. The van der Waals surface area contributed by atoms with E-state index in [9.17, 15) is 4.79 Å². The molecule has 3 rings (SSSR count). The van der Waals surface area contributed by atoms with Crippen LogP contribution in [0.25, 0.3) is 16.9 Å². The predicted octanol–water partition coefficient (Wildman–Crippen LogP) is 1.12. The molecule has 5 heteroatoms. The van der Waals surface area contributed by atoms with Crippen molar-refractivity contribution in [3.63, 3.8) is 0 Å². The van der Waals surface area contributed by atoms with E-state index in [-0.39, 0.29) is 5.56 Å². The van der Waals surface area contributed by atoms with Crippen LogP contribution < -0.4 is 5.56 Å². The number of rotatable bonds is 1. The number of para-hydroxylation sites is 2. The summed E-state index contributed by atoms with van der Waals surface area (Å²) in [7, 11) is 1.74. The van der Waals surface area contributed by atoms with Crippen molar-refractivity contribution in [3.8, 4) is 5.82 Å². The number of benzene rings is 1. The van der Waals surface area contributed by atoms with Gasteiger partial charge in [0.05, 0.1) is 11.0 Å². The highest BCUT2D eigenvalue weighted by Gasteiger charge is 2.08. The molecule has 2 heterocycles. The molecule has 0 saturated heterocycles. The molecular formula is C12H10N4O. The van der Waals surface area contributed by atoms with Gasteiger partial charge >= 0.3 is 0 Å². The van der Waals surface area contributed by atoms with Crippen LogP contribution in [0.3, 0.4) is 0 Å². The zero-order valence-corrected chi connectivity index (χ0v) is 9.24. The van der Waals surface area contributed by atoms with E-state index in [0.717, 1.165) is 11.0 Å². The van der Waals surface area contributed by atoms with Crippen LogP contribution >= 0.6 is 0 Å². The van der Waals surface area contributed by atoms with E-state index in [1.165, 1.54) is 0 Å². The summed E-state index contributed by atoms with van der Waals surface area (Å²) in [5, 5.41) is 0. The fourth-order valence-corrected chi connectivity index (χ4v) is 1.82. The Morgan fingerprint density at radius 2 is 2.06 bits per heavy atom. The average Bonchev–Trinajstić information content (AvgIpc) is 2.87.